The average Bonchev–Trinajstić information content (AvgIpc) is 2.39. The highest BCUT2D eigenvalue weighted by Crippen LogP contribution is 2.24. The summed E-state index contributed by atoms with van der Waals surface area (Å²) < 4.78 is 39.8. The number of carbonyl (C=O) groups is 1. The fraction of sp³-hybridized carbons (Fsp3) is 0.143. The average molecular weight is 312 g/mol. The molecule has 0 bridgehead atoms. The molecule has 0 saturated carbocycles. The number of ether oxygens (including phenoxy) is 1. The summed E-state index contributed by atoms with van der Waals surface area (Å²) in [5.41, 5.74) is 0.199. The van der Waals surface area contributed by atoms with Crippen molar-refractivity contribution in [2.45, 2.75) is 13.3 Å². The van der Waals surface area contributed by atoms with E-state index in [0.717, 1.165) is 12.1 Å². The van der Waals surface area contributed by atoms with Gasteiger partial charge in [0.15, 0.2) is 0 Å². The molecule has 0 fully saturated rings. The van der Waals surface area contributed by atoms with Gasteiger partial charge in [0.1, 0.15) is 11.3 Å². The number of H-pyrrole nitrogens is 1. The summed E-state index contributed by atoms with van der Waals surface area (Å²) in [6.07, 6.45) is -4.78. The number of aromatic amines is 1. The molecule has 116 valence electrons. The number of nitrogens with one attached hydrogen (secondary N) is 2. The van der Waals surface area contributed by atoms with Gasteiger partial charge < -0.3 is 15.0 Å². The summed E-state index contributed by atoms with van der Waals surface area (Å²) in [4.78, 5) is 26.0. The Bertz CT molecular complexity index is 736. The lowest BCUT2D eigenvalue weighted by Gasteiger charge is -2.10. The van der Waals surface area contributed by atoms with Crippen LogP contribution in [0.1, 0.15) is 16.1 Å². The molecular weight excluding hydrogens is 301 g/mol. The number of carbonyl (C=O) groups excluding carboxylic acids is 1. The van der Waals surface area contributed by atoms with Crippen LogP contribution >= 0.6 is 0 Å². The molecule has 5 nitrogen and oxygen atoms in total. The maximum absolute atomic E-state index is 12.0. The van der Waals surface area contributed by atoms with Crippen molar-refractivity contribution in [1.82, 2.24) is 4.98 Å². The fourth-order valence-corrected chi connectivity index (χ4v) is 1.69. The number of amides is 1. The summed E-state index contributed by atoms with van der Waals surface area (Å²) in [6, 6.07) is 7.52. The van der Waals surface area contributed by atoms with Crippen molar-refractivity contribution in [2.75, 3.05) is 5.32 Å². The van der Waals surface area contributed by atoms with Gasteiger partial charge in [0.25, 0.3) is 11.5 Å². The molecule has 0 aliphatic carbocycles. The van der Waals surface area contributed by atoms with E-state index in [1.54, 1.807) is 13.0 Å². The number of pyridine rings is 1. The highest BCUT2D eigenvalue weighted by molar-refractivity contribution is 6.03. The number of rotatable bonds is 3. The first-order chi connectivity index (χ1) is 10.2. The third kappa shape index (κ3) is 4.11. The van der Waals surface area contributed by atoms with E-state index < -0.39 is 23.6 Å². The number of anilines is 1. The summed E-state index contributed by atoms with van der Waals surface area (Å²) in [7, 11) is 0. The normalized spacial score (nSPS) is 11.1. The summed E-state index contributed by atoms with van der Waals surface area (Å²) in [5, 5.41) is 2.41. The number of aromatic nitrogens is 1. The van der Waals surface area contributed by atoms with Gasteiger partial charge in [0, 0.05) is 11.4 Å². The van der Waals surface area contributed by atoms with Gasteiger partial charge in [0.2, 0.25) is 0 Å². The number of aryl methyl sites for hydroxylation is 1. The van der Waals surface area contributed by atoms with Crippen LogP contribution in [0.25, 0.3) is 0 Å². The lowest BCUT2D eigenvalue weighted by molar-refractivity contribution is -0.274. The number of hydrogen-bond acceptors (Lipinski definition) is 3. The Hall–Kier alpha value is -2.77. The van der Waals surface area contributed by atoms with Crippen molar-refractivity contribution in [3.63, 3.8) is 0 Å². The smallest absolute Gasteiger partial charge is 0.406 e. The van der Waals surface area contributed by atoms with Crippen LogP contribution in [0.4, 0.5) is 18.9 Å². The zero-order chi connectivity index (χ0) is 16.3. The highest BCUT2D eigenvalue weighted by Gasteiger charge is 2.30. The van der Waals surface area contributed by atoms with E-state index in [-0.39, 0.29) is 11.3 Å². The van der Waals surface area contributed by atoms with Crippen LogP contribution in [0.2, 0.25) is 0 Å². The Kier molecular flexibility index (Phi) is 4.20. The van der Waals surface area contributed by atoms with Gasteiger partial charge in [0.05, 0.1) is 0 Å². The van der Waals surface area contributed by atoms with Crippen molar-refractivity contribution in [1.29, 1.82) is 0 Å². The Morgan fingerprint density at radius 1 is 1.14 bits per heavy atom. The molecule has 0 unspecified atom stereocenters. The second-order valence-corrected chi connectivity index (χ2v) is 4.41. The lowest BCUT2D eigenvalue weighted by atomic mass is 10.2. The van der Waals surface area contributed by atoms with Gasteiger partial charge in [-0.25, -0.2) is 0 Å². The summed E-state index contributed by atoms with van der Waals surface area (Å²) in [6.45, 7) is 1.67. The van der Waals surface area contributed by atoms with Crippen LogP contribution in [-0.2, 0) is 0 Å². The molecule has 0 radical (unpaired) electrons. The van der Waals surface area contributed by atoms with Gasteiger partial charge in [-0.05, 0) is 43.3 Å². The fourth-order valence-electron chi connectivity index (χ4n) is 1.69. The molecule has 2 aromatic rings. The van der Waals surface area contributed by atoms with Gasteiger partial charge in [-0.3, -0.25) is 9.59 Å². The van der Waals surface area contributed by atoms with Gasteiger partial charge in [-0.15, -0.1) is 13.2 Å². The van der Waals surface area contributed by atoms with Crippen LogP contribution in [0.15, 0.2) is 41.2 Å². The molecule has 0 atom stereocenters. The summed E-state index contributed by atoms with van der Waals surface area (Å²) >= 11 is 0. The first-order valence-electron chi connectivity index (χ1n) is 6.12. The topological polar surface area (TPSA) is 71.2 Å². The Morgan fingerprint density at radius 2 is 1.77 bits per heavy atom. The van der Waals surface area contributed by atoms with E-state index in [1.165, 1.54) is 18.2 Å². The third-order valence-electron chi connectivity index (χ3n) is 2.65. The SMILES string of the molecule is Cc1ccc(C(=O)Nc2ccc(OC(F)(F)F)cc2)c(=O)[nH]1. The molecule has 0 saturated heterocycles. The molecule has 22 heavy (non-hydrogen) atoms. The number of halogens is 3. The number of hydrogen-bond donors (Lipinski definition) is 2. The van der Waals surface area contributed by atoms with Crippen LogP contribution in [-0.4, -0.2) is 17.3 Å². The molecule has 0 aliphatic heterocycles. The molecule has 0 aliphatic rings. The quantitative estimate of drug-likeness (QED) is 0.915. The minimum Gasteiger partial charge on any atom is -0.406 e. The van der Waals surface area contributed by atoms with Crippen LogP contribution < -0.4 is 15.6 Å². The predicted molar refractivity (Wildman–Crippen MR) is 72.9 cm³/mol. The summed E-state index contributed by atoms with van der Waals surface area (Å²) in [5.74, 6) is -1.07. The Morgan fingerprint density at radius 3 is 2.32 bits per heavy atom. The first-order valence-corrected chi connectivity index (χ1v) is 6.12. The number of alkyl halides is 3. The Balaban J connectivity index is 2.10. The molecule has 1 aromatic carbocycles. The van der Waals surface area contributed by atoms with Crippen molar-refractivity contribution in [3.8, 4) is 5.75 Å². The van der Waals surface area contributed by atoms with Crippen molar-refractivity contribution in [2.24, 2.45) is 0 Å². The van der Waals surface area contributed by atoms with E-state index >= 15 is 0 Å². The van der Waals surface area contributed by atoms with Gasteiger partial charge >= 0.3 is 6.36 Å². The molecule has 1 amide bonds. The van der Waals surface area contributed by atoms with E-state index in [1.807, 2.05) is 0 Å². The Labute approximate surface area is 122 Å². The van der Waals surface area contributed by atoms with Crippen LogP contribution in [0, 0.1) is 6.92 Å². The second kappa shape index (κ2) is 5.92. The van der Waals surface area contributed by atoms with E-state index in [0.29, 0.717) is 5.69 Å². The second-order valence-electron chi connectivity index (χ2n) is 4.41. The van der Waals surface area contributed by atoms with E-state index in [9.17, 15) is 22.8 Å². The zero-order valence-electron chi connectivity index (χ0n) is 11.3. The number of benzene rings is 1. The molecule has 2 N–H and O–H groups in total. The molecule has 1 aromatic heterocycles. The van der Waals surface area contributed by atoms with Crippen molar-refractivity contribution < 1.29 is 22.7 Å². The minimum absolute atomic E-state index is 0.0961. The van der Waals surface area contributed by atoms with Crippen LogP contribution in [0.5, 0.6) is 5.75 Å². The zero-order valence-corrected chi connectivity index (χ0v) is 11.3. The van der Waals surface area contributed by atoms with Crippen molar-refractivity contribution in [3.05, 3.63) is 58.0 Å². The van der Waals surface area contributed by atoms with Gasteiger partial charge in [-0.2, -0.15) is 0 Å². The lowest BCUT2D eigenvalue weighted by Crippen LogP contribution is -2.23. The molecule has 0 spiro atoms. The monoisotopic (exact) mass is 312 g/mol. The highest BCUT2D eigenvalue weighted by atomic mass is 19.4. The molecule has 2 rings (SSSR count). The van der Waals surface area contributed by atoms with Crippen LogP contribution in [0.3, 0.4) is 0 Å². The molecule has 1 heterocycles. The largest absolute Gasteiger partial charge is 0.573 e. The van der Waals surface area contributed by atoms with Gasteiger partial charge in [-0.1, -0.05) is 0 Å². The maximum Gasteiger partial charge on any atom is 0.573 e. The molecule has 8 heteroatoms. The maximum atomic E-state index is 12.0. The first kappa shape index (κ1) is 15.6. The molecular formula is C14H11F3N2O3. The predicted octanol–water partition coefficient (Wildman–Crippen LogP) is 2.83. The van der Waals surface area contributed by atoms with E-state index in [2.05, 4.69) is 15.0 Å². The van der Waals surface area contributed by atoms with E-state index in [4.69, 9.17) is 0 Å². The van der Waals surface area contributed by atoms with Crippen molar-refractivity contribution >= 4 is 11.6 Å². The third-order valence-corrected chi connectivity index (χ3v) is 2.65. The standard InChI is InChI=1S/C14H11F3N2O3/c1-8-2-7-11(12(20)18-8)13(21)19-9-3-5-10(6-4-9)22-14(15,16)17/h2-7H,1H3,(H,18,20)(H,19,21). The minimum atomic E-state index is -4.78.